The second-order valence-corrected chi connectivity index (χ2v) is 9.70. The summed E-state index contributed by atoms with van der Waals surface area (Å²) in [5, 5.41) is 1.24. The maximum absolute atomic E-state index is 13.8. The third kappa shape index (κ3) is 8.52. The molecule has 0 aromatic heterocycles. The van der Waals surface area contributed by atoms with E-state index in [1.165, 1.54) is 5.32 Å². The van der Waals surface area contributed by atoms with Crippen molar-refractivity contribution >= 4 is 0 Å². The normalized spacial score (nSPS) is 12.8. The van der Waals surface area contributed by atoms with E-state index in [4.69, 9.17) is 0 Å². The van der Waals surface area contributed by atoms with E-state index >= 15 is 0 Å². The van der Waals surface area contributed by atoms with Crippen LogP contribution in [-0.2, 0) is 6.18 Å². The van der Waals surface area contributed by atoms with Crippen LogP contribution in [0.4, 0.5) is 74.6 Å². The Hall–Kier alpha value is -2.79. The lowest BCUT2D eigenvalue weighted by atomic mass is 9.92. The number of benzene rings is 2. The van der Waals surface area contributed by atoms with Crippen LogP contribution in [0.25, 0.3) is 11.1 Å². The first kappa shape index (κ1) is 40.2. The average Bonchev–Trinajstić information content (AvgIpc) is 2.94. The Balaban J connectivity index is 0.000000463. The molecule has 45 heavy (non-hydrogen) atoms. The first-order valence-corrected chi connectivity index (χ1v) is 13.1. The van der Waals surface area contributed by atoms with Crippen molar-refractivity contribution in [2.24, 2.45) is 0 Å². The maximum atomic E-state index is 13.8. The topological polar surface area (TPSA) is 12.0 Å². The summed E-state index contributed by atoms with van der Waals surface area (Å²) in [6.45, 7) is 3.45. The molecule has 18 heteroatoms. The average molecular weight is 687 g/mol. The molecule has 2 aromatic rings. The molecule has 0 spiro atoms. The molecule has 0 fully saturated rings. The minimum atomic E-state index is -5.83. The molecule has 0 radical (unpaired) electrons. The van der Waals surface area contributed by atoms with Gasteiger partial charge < -0.3 is 0 Å². The van der Waals surface area contributed by atoms with Gasteiger partial charge >= 0.3 is 24.1 Å². The summed E-state index contributed by atoms with van der Waals surface area (Å²) in [5.41, 5.74) is -8.45. The molecule has 0 saturated carbocycles. The fraction of sp³-hybridized carbons (Fsp3) is 0.556. The van der Waals surface area contributed by atoms with E-state index in [2.05, 4.69) is 0 Å². The molecule has 1 N–H and O–H groups in total. The highest BCUT2D eigenvalue weighted by atomic mass is 19.4. The van der Waals surface area contributed by atoms with Crippen LogP contribution in [0.15, 0.2) is 0 Å². The number of alkyl halides is 9. The van der Waals surface area contributed by atoms with Crippen molar-refractivity contribution in [1.29, 1.82) is 0 Å². The highest BCUT2D eigenvalue weighted by molar-refractivity contribution is 5.73. The molecule has 0 saturated heterocycles. The SMILES string of the molecule is CCCCCCC(F)(F)C(F)(F)C(F)(F)NCCCC.Cc1c(F)c(F)c(F)c(C(F)(F)F)c1-c1c(F)c(F)c(F)c(F)c1F. The van der Waals surface area contributed by atoms with Crippen molar-refractivity contribution in [3.05, 3.63) is 57.7 Å². The molecule has 2 rings (SSSR count). The Morgan fingerprint density at radius 1 is 0.511 bits per heavy atom. The van der Waals surface area contributed by atoms with Gasteiger partial charge in [-0.25, -0.2) is 35.1 Å². The summed E-state index contributed by atoms with van der Waals surface area (Å²) in [7, 11) is 0. The molecule has 0 aliphatic heterocycles. The van der Waals surface area contributed by atoms with Crippen LogP contribution in [0.1, 0.15) is 69.9 Å². The van der Waals surface area contributed by atoms with E-state index in [1.807, 2.05) is 6.92 Å². The van der Waals surface area contributed by atoms with Crippen molar-refractivity contribution in [2.75, 3.05) is 6.54 Å². The highest BCUT2D eigenvalue weighted by Crippen LogP contribution is 2.47. The van der Waals surface area contributed by atoms with Crippen molar-refractivity contribution in [3.8, 4) is 11.1 Å². The maximum Gasteiger partial charge on any atom is 0.419 e. The van der Waals surface area contributed by atoms with E-state index in [9.17, 15) is 74.6 Å². The Bertz CT molecular complexity index is 1290. The van der Waals surface area contributed by atoms with E-state index in [-0.39, 0.29) is 12.8 Å². The standard InChI is InChI=1S/C14H3F11.C13H23F6N/c1-2-3(4-7(16)11(20)13(22)12(21)8(4)17)5(14(23,24)25)9(18)10(19)6(2)15;1-3-5-7-8-9-11(14,15)12(16,17)13(18,19)20-10-6-4-2/h1H3;20H,3-10H2,1-2H3. The largest absolute Gasteiger partial charge is 0.419 e. The van der Waals surface area contributed by atoms with Crippen molar-refractivity contribution < 1.29 is 74.6 Å². The van der Waals surface area contributed by atoms with Crippen molar-refractivity contribution in [2.45, 2.75) is 89.8 Å². The number of hydrogen-bond acceptors (Lipinski definition) is 1. The Labute approximate surface area is 245 Å². The van der Waals surface area contributed by atoms with Crippen molar-refractivity contribution in [1.82, 2.24) is 5.32 Å². The second kappa shape index (κ2) is 15.2. The van der Waals surface area contributed by atoms with Gasteiger partial charge in [-0.2, -0.15) is 39.5 Å². The molecule has 0 heterocycles. The first-order chi connectivity index (χ1) is 20.4. The molecule has 258 valence electrons. The summed E-state index contributed by atoms with van der Waals surface area (Å²) in [6.07, 6.45) is -4.85. The summed E-state index contributed by atoms with van der Waals surface area (Å²) in [5.74, 6) is -31.3. The highest BCUT2D eigenvalue weighted by Gasteiger charge is 2.70. The summed E-state index contributed by atoms with van der Waals surface area (Å²) >= 11 is 0. The van der Waals surface area contributed by atoms with E-state index < -0.39 is 106 Å². The zero-order chi connectivity index (χ0) is 35.3. The van der Waals surface area contributed by atoms with Gasteiger partial charge in [0.05, 0.1) is 5.56 Å². The lowest BCUT2D eigenvalue weighted by Gasteiger charge is -2.33. The van der Waals surface area contributed by atoms with Gasteiger partial charge in [0, 0.05) is 18.5 Å². The van der Waals surface area contributed by atoms with Gasteiger partial charge in [0.2, 0.25) is 5.82 Å². The van der Waals surface area contributed by atoms with Gasteiger partial charge in [-0.1, -0.05) is 39.5 Å². The van der Waals surface area contributed by atoms with E-state index in [0.29, 0.717) is 26.2 Å². The molecular weight excluding hydrogens is 661 g/mol. The zero-order valence-electron chi connectivity index (χ0n) is 23.6. The summed E-state index contributed by atoms with van der Waals surface area (Å²) in [4.78, 5) is 0. The first-order valence-electron chi connectivity index (χ1n) is 13.1. The molecule has 0 aliphatic carbocycles. The number of halogens is 17. The predicted octanol–water partition coefficient (Wildman–Crippen LogP) is 11.0. The monoisotopic (exact) mass is 687 g/mol. The quantitative estimate of drug-likeness (QED) is 0.0770. The van der Waals surface area contributed by atoms with Crippen LogP contribution in [0.5, 0.6) is 0 Å². The van der Waals surface area contributed by atoms with Crippen molar-refractivity contribution in [3.63, 3.8) is 0 Å². The Kier molecular flexibility index (Phi) is 13.6. The molecule has 1 nitrogen and oxygen atoms in total. The molecule has 0 atom stereocenters. The minimum Gasteiger partial charge on any atom is -0.253 e. The van der Waals surface area contributed by atoms with Gasteiger partial charge in [0.25, 0.3) is 0 Å². The van der Waals surface area contributed by atoms with Crippen LogP contribution in [0.3, 0.4) is 0 Å². The number of nitrogens with one attached hydrogen (secondary N) is 1. The zero-order valence-corrected chi connectivity index (χ0v) is 23.6. The van der Waals surface area contributed by atoms with E-state index in [1.54, 1.807) is 6.92 Å². The number of rotatable bonds is 12. The van der Waals surface area contributed by atoms with Gasteiger partial charge in [0.1, 0.15) is 5.56 Å². The minimum absolute atomic E-state index is 0.193. The lowest BCUT2D eigenvalue weighted by Crippen LogP contribution is -2.61. The Morgan fingerprint density at radius 2 is 0.956 bits per heavy atom. The third-order valence-corrected chi connectivity index (χ3v) is 6.38. The molecule has 0 bridgehead atoms. The summed E-state index contributed by atoms with van der Waals surface area (Å²) < 4.78 is 226. The number of hydrogen-bond donors (Lipinski definition) is 1. The van der Waals surface area contributed by atoms with Gasteiger partial charge in [-0.05, 0) is 25.3 Å². The lowest BCUT2D eigenvalue weighted by molar-refractivity contribution is -0.320. The van der Waals surface area contributed by atoms with Crippen LogP contribution < -0.4 is 5.32 Å². The van der Waals surface area contributed by atoms with Crippen LogP contribution in [0, 0.1) is 53.5 Å². The van der Waals surface area contributed by atoms with E-state index in [0.717, 1.165) is 6.42 Å². The van der Waals surface area contributed by atoms with Gasteiger partial charge in [0.15, 0.2) is 40.7 Å². The third-order valence-electron chi connectivity index (χ3n) is 6.38. The second-order valence-electron chi connectivity index (χ2n) is 9.70. The smallest absolute Gasteiger partial charge is 0.253 e. The van der Waals surface area contributed by atoms with Gasteiger partial charge in [-0.15, -0.1) is 0 Å². The Morgan fingerprint density at radius 3 is 1.40 bits per heavy atom. The number of unbranched alkanes of at least 4 members (excludes halogenated alkanes) is 4. The molecule has 2 aromatic carbocycles. The molecule has 0 amide bonds. The summed E-state index contributed by atoms with van der Waals surface area (Å²) in [6, 6.07) is -4.91. The van der Waals surface area contributed by atoms with Crippen LogP contribution >= 0.6 is 0 Å². The molecule has 0 unspecified atom stereocenters. The predicted molar refractivity (Wildman–Crippen MR) is 128 cm³/mol. The van der Waals surface area contributed by atoms with Crippen LogP contribution in [0.2, 0.25) is 0 Å². The molecule has 0 aliphatic rings. The van der Waals surface area contributed by atoms with Gasteiger partial charge in [-0.3, -0.25) is 5.32 Å². The fourth-order valence-electron chi connectivity index (χ4n) is 3.87. The van der Waals surface area contributed by atoms with Crippen LogP contribution in [-0.4, -0.2) is 24.4 Å². The fourth-order valence-corrected chi connectivity index (χ4v) is 3.87. The molecular formula is C27H26F17N.